The second-order valence-corrected chi connectivity index (χ2v) is 6.24. The van der Waals surface area contributed by atoms with Gasteiger partial charge in [0.25, 0.3) is 5.91 Å². The second-order valence-electron chi connectivity index (χ2n) is 6.24. The summed E-state index contributed by atoms with van der Waals surface area (Å²) in [4.78, 5) is 29.3. The fraction of sp³-hybridized carbons (Fsp3) is 0.286. The maximum absolute atomic E-state index is 12.4. The predicted molar refractivity (Wildman–Crippen MR) is 109 cm³/mol. The van der Waals surface area contributed by atoms with Gasteiger partial charge in [-0.25, -0.2) is 4.98 Å². The summed E-state index contributed by atoms with van der Waals surface area (Å²) in [6.45, 7) is 4.96. The normalized spacial score (nSPS) is 10.6. The lowest BCUT2D eigenvalue weighted by atomic mass is 10.2. The molecule has 1 heterocycles. The van der Waals surface area contributed by atoms with Gasteiger partial charge in [-0.2, -0.15) is 0 Å². The number of fused-ring (bicyclic) bond motifs is 1. The molecule has 1 aromatic heterocycles. The van der Waals surface area contributed by atoms with E-state index in [0.29, 0.717) is 23.9 Å². The minimum Gasteiger partial charge on any atom is -0.493 e. The largest absolute Gasteiger partial charge is 0.493 e. The van der Waals surface area contributed by atoms with Crippen molar-refractivity contribution < 1.29 is 14.3 Å². The predicted octanol–water partition coefficient (Wildman–Crippen LogP) is 3.21. The van der Waals surface area contributed by atoms with Crippen molar-refractivity contribution in [1.29, 1.82) is 0 Å². The maximum Gasteiger partial charge on any atom is 0.255 e. The molecule has 0 spiro atoms. The zero-order valence-corrected chi connectivity index (χ0v) is 16.1. The van der Waals surface area contributed by atoms with Gasteiger partial charge in [0.15, 0.2) is 0 Å². The third-order valence-electron chi connectivity index (χ3n) is 4.19. The van der Waals surface area contributed by atoms with Gasteiger partial charge < -0.3 is 14.6 Å². The lowest BCUT2D eigenvalue weighted by molar-refractivity contribution is -0.115. The number of anilines is 1. The first-order chi connectivity index (χ1) is 13.6. The van der Waals surface area contributed by atoms with Gasteiger partial charge in [0, 0.05) is 6.54 Å². The van der Waals surface area contributed by atoms with Crippen LogP contribution in [0.2, 0.25) is 0 Å². The summed E-state index contributed by atoms with van der Waals surface area (Å²) in [6.07, 6.45) is 0.911. The van der Waals surface area contributed by atoms with Crippen molar-refractivity contribution in [3.05, 3.63) is 54.1 Å². The van der Waals surface area contributed by atoms with E-state index in [9.17, 15) is 9.59 Å². The Morgan fingerprint density at radius 2 is 1.82 bits per heavy atom. The molecule has 0 fully saturated rings. The summed E-state index contributed by atoms with van der Waals surface area (Å²) in [5.41, 5.74) is 2.19. The molecule has 2 N–H and O–H groups in total. The molecular formula is C21H24N4O3. The van der Waals surface area contributed by atoms with Crippen LogP contribution >= 0.6 is 0 Å². The van der Waals surface area contributed by atoms with Crippen LogP contribution in [-0.4, -0.2) is 34.5 Å². The highest BCUT2D eigenvalue weighted by molar-refractivity contribution is 6.00. The molecule has 2 aromatic carbocycles. The molecule has 0 saturated heterocycles. The van der Waals surface area contributed by atoms with Crippen LogP contribution in [0, 0.1) is 0 Å². The first-order valence-corrected chi connectivity index (χ1v) is 9.39. The number of aromatic nitrogens is 2. The Morgan fingerprint density at radius 1 is 1.07 bits per heavy atom. The Morgan fingerprint density at radius 3 is 2.61 bits per heavy atom. The number of ether oxygens (including phenoxy) is 1. The van der Waals surface area contributed by atoms with Crippen LogP contribution in [0.25, 0.3) is 11.0 Å². The van der Waals surface area contributed by atoms with Gasteiger partial charge in [0.1, 0.15) is 5.75 Å². The number of nitrogens with one attached hydrogen (secondary N) is 2. The monoisotopic (exact) mass is 380 g/mol. The smallest absolute Gasteiger partial charge is 0.255 e. The molecule has 0 atom stereocenters. The van der Waals surface area contributed by atoms with Crippen LogP contribution in [0.4, 0.5) is 5.95 Å². The molecule has 0 bridgehead atoms. The van der Waals surface area contributed by atoms with Crippen LogP contribution in [-0.2, 0) is 11.3 Å². The van der Waals surface area contributed by atoms with E-state index in [0.717, 1.165) is 24.0 Å². The van der Waals surface area contributed by atoms with Crippen LogP contribution in [0.15, 0.2) is 48.5 Å². The Hall–Kier alpha value is -3.35. The van der Waals surface area contributed by atoms with Crippen LogP contribution in [0.1, 0.15) is 30.6 Å². The van der Waals surface area contributed by atoms with Gasteiger partial charge in [-0.05, 0) is 37.6 Å². The fourth-order valence-electron chi connectivity index (χ4n) is 2.98. The van der Waals surface area contributed by atoms with E-state index in [4.69, 9.17) is 4.74 Å². The number of rotatable bonds is 8. The highest BCUT2D eigenvalue weighted by atomic mass is 16.5. The topological polar surface area (TPSA) is 85.2 Å². The molecule has 2 amide bonds. The second kappa shape index (κ2) is 9.03. The number of benzene rings is 2. The lowest BCUT2D eigenvalue weighted by Gasteiger charge is -2.11. The molecule has 0 unspecified atom stereocenters. The summed E-state index contributed by atoms with van der Waals surface area (Å²) in [7, 11) is 0. The summed E-state index contributed by atoms with van der Waals surface area (Å²) in [6, 6.07) is 14.7. The molecular weight excluding hydrogens is 356 g/mol. The number of hydrogen-bond donors (Lipinski definition) is 2. The van der Waals surface area contributed by atoms with E-state index in [-0.39, 0.29) is 18.4 Å². The van der Waals surface area contributed by atoms with E-state index >= 15 is 0 Å². The third-order valence-corrected chi connectivity index (χ3v) is 4.19. The summed E-state index contributed by atoms with van der Waals surface area (Å²) in [5.74, 6) is 0.279. The minimum atomic E-state index is -0.360. The molecule has 3 aromatic rings. The Kier molecular flexibility index (Phi) is 6.26. The summed E-state index contributed by atoms with van der Waals surface area (Å²) in [5, 5.41) is 5.43. The van der Waals surface area contributed by atoms with Gasteiger partial charge >= 0.3 is 0 Å². The lowest BCUT2D eigenvalue weighted by Crippen LogP contribution is -2.33. The van der Waals surface area contributed by atoms with Gasteiger partial charge in [-0.15, -0.1) is 0 Å². The van der Waals surface area contributed by atoms with Crippen LogP contribution < -0.4 is 15.4 Å². The van der Waals surface area contributed by atoms with Crippen molar-refractivity contribution in [2.24, 2.45) is 0 Å². The van der Waals surface area contributed by atoms with Crippen molar-refractivity contribution in [2.45, 2.75) is 26.8 Å². The van der Waals surface area contributed by atoms with E-state index in [1.165, 1.54) is 0 Å². The number of para-hydroxylation sites is 3. The zero-order valence-electron chi connectivity index (χ0n) is 16.1. The molecule has 7 heteroatoms. The standard InChI is InChI=1S/C21H24N4O3/c1-3-13-25-17-11-7-6-10-16(17)23-21(25)24-19(26)14-22-20(27)15-9-5-8-12-18(15)28-4-2/h5-12H,3-4,13-14H2,1-2H3,(H,22,27)(H,23,24,26). The number of amides is 2. The van der Waals surface area contributed by atoms with Gasteiger partial charge in [0.05, 0.1) is 29.7 Å². The first-order valence-electron chi connectivity index (χ1n) is 9.39. The average molecular weight is 380 g/mol. The highest BCUT2D eigenvalue weighted by Gasteiger charge is 2.15. The quantitative estimate of drug-likeness (QED) is 0.628. The average Bonchev–Trinajstić information content (AvgIpc) is 3.04. The summed E-state index contributed by atoms with van der Waals surface area (Å²) < 4.78 is 7.43. The van der Waals surface area contributed by atoms with Crippen molar-refractivity contribution in [3.8, 4) is 5.75 Å². The Labute approximate surface area is 163 Å². The number of carbonyl (C=O) groups is 2. The molecule has 0 aliphatic heterocycles. The van der Waals surface area contributed by atoms with E-state index < -0.39 is 0 Å². The van der Waals surface area contributed by atoms with E-state index in [1.807, 2.05) is 35.8 Å². The molecule has 28 heavy (non-hydrogen) atoms. The van der Waals surface area contributed by atoms with Crippen LogP contribution in [0.5, 0.6) is 5.75 Å². The number of carbonyl (C=O) groups excluding carboxylic acids is 2. The number of nitrogens with zero attached hydrogens (tertiary/aromatic N) is 2. The molecule has 0 saturated carbocycles. The zero-order chi connectivity index (χ0) is 19.9. The minimum absolute atomic E-state index is 0.158. The molecule has 0 aliphatic rings. The van der Waals surface area contributed by atoms with E-state index in [2.05, 4.69) is 22.5 Å². The van der Waals surface area contributed by atoms with Crippen LogP contribution in [0.3, 0.4) is 0 Å². The van der Waals surface area contributed by atoms with Gasteiger partial charge in [-0.1, -0.05) is 31.2 Å². The summed E-state index contributed by atoms with van der Waals surface area (Å²) >= 11 is 0. The number of hydrogen-bond acceptors (Lipinski definition) is 4. The van der Waals surface area contributed by atoms with Crippen molar-refractivity contribution in [3.63, 3.8) is 0 Å². The molecule has 0 radical (unpaired) electrons. The highest BCUT2D eigenvalue weighted by Crippen LogP contribution is 2.20. The fourth-order valence-corrected chi connectivity index (χ4v) is 2.98. The third kappa shape index (κ3) is 4.31. The SMILES string of the molecule is CCCn1c(NC(=O)CNC(=O)c2ccccc2OCC)nc2ccccc21. The Balaban J connectivity index is 1.67. The van der Waals surface area contributed by atoms with Crippen molar-refractivity contribution in [2.75, 3.05) is 18.5 Å². The number of imidazole rings is 1. The molecule has 3 rings (SSSR count). The number of aryl methyl sites for hydroxylation is 1. The first kappa shape index (κ1) is 19.4. The molecule has 0 aliphatic carbocycles. The molecule has 7 nitrogen and oxygen atoms in total. The van der Waals surface area contributed by atoms with E-state index in [1.54, 1.807) is 24.3 Å². The maximum atomic E-state index is 12.4. The van der Waals surface area contributed by atoms with Crippen molar-refractivity contribution in [1.82, 2.24) is 14.9 Å². The van der Waals surface area contributed by atoms with Crippen molar-refractivity contribution >= 4 is 28.8 Å². The van der Waals surface area contributed by atoms with Gasteiger partial charge in [-0.3, -0.25) is 14.9 Å². The molecule has 146 valence electrons. The van der Waals surface area contributed by atoms with Gasteiger partial charge in [0.2, 0.25) is 11.9 Å². The Bertz CT molecular complexity index is 981.